The normalized spacial score (nSPS) is 16.5. The molecule has 1 heterocycles. The minimum Gasteiger partial charge on any atom is -0.469 e. The molecule has 6 heteroatoms. The van der Waals surface area contributed by atoms with Gasteiger partial charge in [0.15, 0.2) is 0 Å². The molecule has 1 unspecified atom stereocenters. The number of benzene rings is 1. The van der Waals surface area contributed by atoms with Crippen LogP contribution in [-0.2, 0) is 28.9 Å². The quantitative estimate of drug-likeness (QED) is 0.815. The minimum absolute atomic E-state index is 0.120. The Morgan fingerprint density at radius 1 is 1.57 bits per heavy atom. The van der Waals surface area contributed by atoms with Crippen LogP contribution in [0.3, 0.4) is 0 Å². The van der Waals surface area contributed by atoms with Crippen LogP contribution in [0.1, 0.15) is 28.8 Å². The highest BCUT2D eigenvalue weighted by molar-refractivity contribution is 5.73. The number of hydrogen-bond donors (Lipinski definition) is 0. The summed E-state index contributed by atoms with van der Waals surface area (Å²) in [6.07, 6.45) is 3.84. The lowest BCUT2D eigenvalue weighted by Crippen LogP contribution is -2.24. The average Bonchev–Trinajstić information content (AvgIpc) is 2.97. The molecule has 5 nitrogen and oxygen atoms in total. The molecule has 3 rings (SSSR count). The van der Waals surface area contributed by atoms with E-state index in [4.69, 9.17) is 10.00 Å². The number of carbonyl (C=O) groups excluding carboxylic acids is 1. The van der Waals surface area contributed by atoms with E-state index in [0.29, 0.717) is 18.5 Å². The monoisotopic (exact) mass is 313 g/mol. The smallest absolute Gasteiger partial charge is 0.309 e. The highest BCUT2D eigenvalue weighted by atomic mass is 19.1. The second kappa shape index (κ2) is 6.21. The lowest BCUT2D eigenvalue weighted by Gasteiger charge is -2.21. The third-order valence-corrected chi connectivity index (χ3v) is 4.28. The van der Waals surface area contributed by atoms with Crippen molar-refractivity contribution >= 4 is 5.97 Å². The number of aromatic nitrogens is 2. The molecule has 0 amide bonds. The second-order valence-electron chi connectivity index (χ2n) is 5.65. The molecule has 0 N–H and O–H groups in total. The zero-order chi connectivity index (χ0) is 16.4. The fourth-order valence-corrected chi connectivity index (χ4v) is 3.04. The summed E-state index contributed by atoms with van der Waals surface area (Å²) in [6, 6.07) is 6.21. The van der Waals surface area contributed by atoms with E-state index in [-0.39, 0.29) is 11.9 Å². The minimum atomic E-state index is -0.422. The summed E-state index contributed by atoms with van der Waals surface area (Å²) in [5.41, 5.74) is 3.15. The Morgan fingerprint density at radius 3 is 3.13 bits per heavy atom. The molecule has 118 valence electrons. The van der Waals surface area contributed by atoms with Gasteiger partial charge in [-0.2, -0.15) is 10.4 Å². The van der Waals surface area contributed by atoms with Crippen LogP contribution >= 0.6 is 0 Å². The van der Waals surface area contributed by atoms with E-state index in [9.17, 15) is 9.18 Å². The van der Waals surface area contributed by atoms with Gasteiger partial charge in [-0.15, -0.1) is 0 Å². The van der Waals surface area contributed by atoms with Crippen molar-refractivity contribution in [1.82, 2.24) is 9.78 Å². The number of rotatable bonds is 3. The Bertz CT molecular complexity index is 792. The maximum atomic E-state index is 13.2. The number of methoxy groups -OCH3 is 1. The van der Waals surface area contributed by atoms with Crippen LogP contribution < -0.4 is 0 Å². The molecule has 0 spiro atoms. The highest BCUT2D eigenvalue weighted by Crippen LogP contribution is 2.27. The van der Waals surface area contributed by atoms with Crippen LogP contribution in [0.2, 0.25) is 0 Å². The highest BCUT2D eigenvalue weighted by Gasteiger charge is 2.28. The van der Waals surface area contributed by atoms with E-state index in [2.05, 4.69) is 5.10 Å². The summed E-state index contributed by atoms with van der Waals surface area (Å²) >= 11 is 0. The summed E-state index contributed by atoms with van der Waals surface area (Å²) < 4.78 is 19.9. The summed E-state index contributed by atoms with van der Waals surface area (Å²) in [4.78, 5) is 11.7. The van der Waals surface area contributed by atoms with Gasteiger partial charge >= 0.3 is 5.97 Å². The molecule has 0 saturated carbocycles. The molecule has 1 atom stereocenters. The zero-order valence-electron chi connectivity index (χ0n) is 12.8. The first kappa shape index (κ1) is 15.2. The molecule has 0 fully saturated rings. The van der Waals surface area contributed by atoms with Crippen molar-refractivity contribution < 1.29 is 13.9 Å². The molecule has 0 saturated heterocycles. The topological polar surface area (TPSA) is 67.9 Å². The number of nitrogens with zero attached hydrogens (tertiary/aromatic N) is 3. The second-order valence-corrected chi connectivity index (χ2v) is 5.65. The van der Waals surface area contributed by atoms with Crippen molar-refractivity contribution in [1.29, 1.82) is 5.26 Å². The van der Waals surface area contributed by atoms with Crippen molar-refractivity contribution in [2.75, 3.05) is 7.11 Å². The zero-order valence-corrected chi connectivity index (χ0v) is 12.8. The molecule has 1 aliphatic carbocycles. The van der Waals surface area contributed by atoms with Gasteiger partial charge in [-0.05, 0) is 42.5 Å². The molecule has 2 aromatic rings. The maximum absolute atomic E-state index is 13.2. The van der Waals surface area contributed by atoms with E-state index in [0.717, 1.165) is 29.7 Å². The molecule has 1 aromatic carbocycles. The van der Waals surface area contributed by atoms with E-state index >= 15 is 0 Å². The third kappa shape index (κ3) is 2.95. The first-order chi connectivity index (χ1) is 11.1. The summed E-state index contributed by atoms with van der Waals surface area (Å²) in [5, 5.41) is 13.5. The maximum Gasteiger partial charge on any atom is 0.309 e. The van der Waals surface area contributed by atoms with Crippen LogP contribution in [0.4, 0.5) is 4.39 Å². The molecule has 1 aromatic heterocycles. The average molecular weight is 313 g/mol. The van der Waals surface area contributed by atoms with Gasteiger partial charge in [0.05, 0.1) is 37.4 Å². The Labute approximate surface area is 133 Å². The first-order valence-corrected chi connectivity index (χ1v) is 7.42. The predicted octanol–water partition coefficient (Wildman–Crippen LogP) is 2.22. The molecule has 0 bridgehead atoms. The summed E-state index contributed by atoms with van der Waals surface area (Å²) in [5.74, 6) is -0.729. The number of carbonyl (C=O) groups is 1. The summed E-state index contributed by atoms with van der Waals surface area (Å²) in [6.45, 7) is 0.418. The van der Waals surface area contributed by atoms with Gasteiger partial charge in [-0.1, -0.05) is 6.07 Å². The van der Waals surface area contributed by atoms with Crippen LogP contribution in [0.5, 0.6) is 0 Å². The molecule has 1 aliphatic rings. The van der Waals surface area contributed by atoms with Crippen molar-refractivity contribution in [3.8, 4) is 6.07 Å². The Balaban J connectivity index is 1.84. The Kier molecular flexibility index (Phi) is 4.11. The molecule has 0 radical (unpaired) electrons. The lowest BCUT2D eigenvalue weighted by atomic mass is 9.88. The number of halogens is 1. The van der Waals surface area contributed by atoms with Crippen LogP contribution in [-0.4, -0.2) is 22.9 Å². The van der Waals surface area contributed by atoms with E-state index < -0.39 is 5.82 Å². The third-order valence-electron chi connectivity index (χ3n) is 4.28. The fourth-order valence-electron chi connectivity index (χ4n) is 3.04. The fraction of sp³-hybridized carbons (Fsp3) is 0.353. The van der Waals surface area contributed by atoms with Gasteiger partial charge in [0.2, 0.25) is 0 Å². The molecule has 0 aliphatic heterocycles. The van der Waals surface area contributed by atoms with E-state index in [1.54, 1.807) is 12.3 Å². The predicted molar refractivity (Wildman–Crippen MR) is 80.0 cm³/mol. The van der Waals surface area contributed by atoms with Crippen molar-refractivity contribution in [3.63, 3.8) is 0 Å². The number of fused-ring (bicyclic) bond motifs is 1. The number of nitriles is 1. The van der Waals surface area contributed by atoms with Crippen LogP contribution in [0.15, 0.2) is 24.4 Å². The molecule has 23 heavy (non-hydrogen) atoms. The Morgan fingerprint density at radius 2 is 2.39 bits per heavy atom. The standard InChI is InChI=1S/C17H16FN3O2/c1-23-17(22)11-3-5-16-14(6-11)9-20-21(16)10-12-2-4-15(18)7-13(12)8-19/h2,4,7,9,11H,3,5-6,10H2,1H3. The van der Waals surface area contributed by atoms with Gasteiger partial charge in [-0.3, -0.25) is 9.48 Å². The van der Waals surface area contributed by atoms with Crippen molar-refractivity contribution in [2.24, 2.45) is 5.92 Å². The largest absolute Gasteiger partial charge is 0.469 e. The first-order valence-electron chi connectivity index (χ1n) is 7.42. The van der Waals surface area contributed by atoms with E-state index in [1.165, 1.54) is 19.2 Å². The molecular weight excluding hydrogens is 297 g/mol. The number of hydrogen-bond acceptors (Lipinski definition) is 4. The van der Waals surface area contributed by atoms with Gasteiger partial charge in [0.1, 0.15) is 5.82 Å². The van der Waals surface area contributed by atoms with Gasteiger partial charge in [0.25, 0.3) is 0 Å². The molecular formula is C17H16FN3O2. The van der Waals surface area contributed by atoms with Gasteiger partial charge in [-0.25, -0.2) is 4.39 Å². The van der Waals surface area contributed by atoms with Crippen molar-refractivity contribution in [3.05, 3.63) is 52.6 Å². The van der Waals surface area contributed by atoms with Gasteiger partial charge < -0.3 is 4.74 Å². The van der Waals surface area contributed by atoms with Crippen molar-refractivity contribution in [2.45, 2.75) is 25.8 Å². The van der Waals surface area contributed by atoms with Gasteiger partial charge in [0, 0.05) is 5.69 Å². The van der Waals surface area contributed by atoms with Crippen LogP contribution in [0.25, 0.3) is 0 Å². The van der Waals surface area contributed by atoms with E-state index in [1.807, 2.05) is 10.8 Å². The number of ether oxygens (including phenoxy) is 1. The lowest BCUT2D eigenvalue weighted by molar-refractivity contribution is -0.145. The Hall–Kier alpha value is -2.68. The number of esters is 1. The van der Waals surface area contributed by atoms with Crippen LogP contribution in [0, 0.1) is 23.1 Å². The summed E-state index contributed by atoms with van der Waals surface area (Å²) in [7, 11) is 1.40. The SMILES string of the molecule is COC(=O)C1CCc2c(cnn2Cc2ccc(F)cc2C#N)C1.